The van der Waals surface area contributed by atoms with Crippen molar-refractivity contribution in [1.82, 2.24) is 5.32 Å². The van der Waals surface area contributed by atoms with E-state index >= 15 is 0 Å². The van der Waals surface area contributed by atoms with Gasteiger partial charge in [0.05, 0.1) is 79.3 Å². The number of ether oxygens (including phenoxy) is 8. The van der Waals surface area contributed by atoms with E-state index in [1.165, 1.54) is 32.1 Å². The molecule has 0 bridgehead atoms. The molecule has 1 aromatic rings. The van der Waals surface area contributed by atoms with Crippen LogP contribution in [-0.4, -0.2) is 104 Å². The monoisotopic (exact) mass is 613 g/mol. The van der Waals surface area contributed by atoms with Gasteiger partial charge < -0.3 is 43.2 Å². The van der Waals surface area contributed by atoms with Crippen LogP contribution in [0.3, 0.4) is 0 Å². The first-order valence-corrected chi connectivity index (χ1v) is 15.8. The molecule has 1 N–H and O–H groups in total. The minimum absolute atomic E-state index is 0.145. The number of benzene rings is 1. The molecule has 0 heterocycles. The van der Waals surface area contributed by atoms with Crippen LogP contribution in [0.5, 0.6) is 0 Å². The molecule has 0 spiro atoms. The third-order valence-electron chi connectivity index (χ3n) is 6.06. The number of carbonyl (C=O) groups is 2. The molecule has 0 aliphatic carbocycles. The Morgan fingerprint density at radius 3 is 1.56 bits per heavy atom. The van der Waals surface area contributed by atoms with Gasteiger partial charge in [0.15, 0.2) is 0 Å². The zero-order valence-electron chi connectivity index (χ0n) is 26.2. The minimum Gasteiger partial charge on any atom is -0.463 e. The fourth-order valence-corrected chi connectivity index (χ4v) is 3.71. The molecule has 0 aliphatic rings. The lowest BCUT2D eigenvalue weighted by Gasteiger charge is -2.09. The zero-order chi connectivity index (χ0) is 30.9. The van der Waals surface area contributed by atoms with E-state index in [4.69, 9.17) is 37.9 Å². The highest BCUT2D eigenvalue weighted by Gasteiger charge is 2.03. The number of hydrogen-bond acceptors (Lipinski definition) is 10. The van der Waals surface area contributed by atoms with Crippen LogP contribution in [-0.2, 0) is 49.3 Å². The molecule has 0 atom stereocenters. The summed E-state index contributed by atoms with van der Waals surface area (Å²) in [6.07, 6.45) is 8.31. The predicted octanol–water partition coefficient (Wildman–Crippen LogP) is 4.70. The molecule has 0 saturated carbocycles. The number of carbonyl (C=O) groups excluding carboxylic acids is 2. The molecular weight excluding hydrogens is 558 g/mol. The van der Waals surface area contributed by atoms with Crippen molar-refractivity contribution in [3.8, 4) is 0 Å². The lowest BCUT2D eigenvalue weighted by Crippen LogP contribution is -2.28. The SMILES string of the molecule is CCCCCCCCCC(=O)OCCOCCOCCOCCOCCOCCOCCNC(=O)OCc1ccccc1. The molecule has 248 valence electrons. The number of unbranched alkanes of at least 4 members (excludes halogenated alkanes) is 6. The lowest BCUT2D eigenvalue weighted by atomic mass is 10.1. The molecule has 1 aromatic carbocycles. The van der Waals surface area contributed by atoms with Gasteiger partial charge in [0.25, 0.3) is 0 Å². The Balaban J connectivity index is 1.68. The highest BCUT2D eigenvalue weighted by Crippen LogP contribution is 2.08. The first kappa shape index (κ1) is 38.7. The van der Waals surface area contributed by atoms with Crippen molar-refractivity contribution in [2.45, 2.75) is 64.9 Å². The number of alkyl carbamates (subject to hydrolysis) is 1. The van der Waals surface area contributed by atoms with Crippen LogP contribution in [0.2, 0.25) is 0 Å². The molecule has 1 amide bonds. The minimum atomic E-state index is -0.469. The van der Waals surface area contributed by atoms with Gasteiger partial charge in [-0.25, -0.2) is 4.79 Å². The van der Waals surface area contributed by atoms with Gasteiger partial charge in [-0.05, 0) is 12.0 Å². The maximum Gasteiger partial charge on any atom is 0.407 e. The van der Waals surface area contributed by atoms with E-state index in [2.05, 4.69) is 12.2 Å². The zero-order valence-corrected chi connectivity index (χ0v) is 26.2. The molecule has 0 saturated heterocycles. The molecule has 11 nitrogen and oxygen atoms in total. The summed E-state index contributed by atoms with van der Waals surface area (Å²) in [5.74, 6) is -0.145. The fourth-order valence-electron chi connectivity index (χ4n) is 3.71. The van der Waals surface area contributed by atoms with Gasteiger partial charge in [-0.2, -0.15) is 0 Å². The number of rotatable bonds is 31. The standard InChI is InChI=1S/C32H55NO10/c1-2-3-4-5-6-7-11-14-31(34)42-28-27-41-26-25-40-24-23-39-22-21-38-20-19-37-18-17-36-16-15-33-32(35)43-29-30-12-9-8-10-13-30/h8-10,12-13H,2-7,11,14-29H2,1H3,(H,33,35). The first-order chi connectivity index (χ1) is 21.2. The van der Waals surface area contributed by atoms with Crippen molar-refractivity contribution >= 4 is 12.1 Å². The van der Waals surface area contributed by atoms with Crippen LogP contribution in [0.1, 0.15) is 63.9 Å². The summed E-state index contributed by atoms with van der Waals surface area (Å²) < 4.78 is 42.9. The van der Waals surface area contributed by atoms with Crippen LogP contribution in [0, 0.1) is 0 Å². The number of esters is 1. The van der Waals surface area contributed by atoms with Crippen LogP contribution < -0.4 is 5.32 Å². The Labute approximate surface area is 258 Å². The van der Waals surface area contributed by atoms with E-state index in [9.17, 15) is 9.59 Å². The number of hydrogen-bond donors (Lipinski definition) is 1. The van der Waals surface area contributed by atoms with Gasteiger partial charge in [-0.15, -0.1) is 0 Å². The van der Waals surface area contributed by atoms with Gasteiger partial charge in [0, 0.05) is 13.0 Å². The summed E-state index contributed by atoms with van der Waals surface area (Å²) >= 11 is 0. The van der Waals surface area contributed by atoms with Gasteiger partial charge >= 0.3 is 12.1 Å². The van der Waals surface area contributed by atoms with Gasteiger partial charge in [0.2, 0.25) is 0 Å². The third kappa shape index (κ3) is 28.3. The molecule has 11 heteroatoms. The average molecular weight is 614 g/mol. The quantitative estimate of drug-likeness (QED) is 0.0932. The van der Waals surface area contributed by atoms with Gasteiger partial charge in [0.1, 0.15) is 13.2 Å². The summed E-state index contributed by atoms with van der Waals surface area (Å²) in [6.45, 7) is 8.50. The van der Waals surface area contributed by atoms with Gasteiger partial charge in [-0.3, -0.25) is 4.79 Å². The van der Waals surface area contributed by atoms with Crippen molar-refractivity contribution in [2.75, 3.05) is 92.4 Å². The first-order valence-electron chi connectivity index (χ1n) is 15.8. The number of amides is 1. The van der Waals surface area contributed by atoms with E-state index in [-0.39, 0.29) is 19.2 Å². The Bertz CT molecular complexity index is 753. The number of nitrogens with one attached hydrogen (secondary N) is 1. The molecule has 0 aromatic heterocycles. The second kappa shape index (κ2) is 31.2. The topological polar surface area (TPSA) is 120 Å². The van der Waals surface area contributed by atoms with E-state index in [0.29, 0.717) is 92.2 Å². The van der Waals surface area contributed by atoms with Crippen LogP contribution in [0.4, 0.5) is 4.79 Å². The second-order valence-electron chi connectivity index (χ2n) is 9.75. The molecule has 0 radical (unpaired) electrons. The predicted molar refractivity (Wildman–Crippen MR) is 163 cm³/mol. The smallest absolute Gasteiger partial charge is 0.407 e. The summed E-state index contributed by atoms with van der Waals surface area (Å²) in [6, 6.07) is 9.50. The highest BCUT2D eigenvalue weighted by atomic mass is 16.6. The molecule has 1 rings (SSSR count). The average Bonchev–Trinajstić information content (AvgIpc) is 3.02. The lowest BCUT2D eigenvalue weighted by molar-refractivity contribution is -0.145. The van der Waals surface area contributed by atoms with Crippen molar-refractivity contribution in [3.05, 3.63) is 35.9 Å². The van der Waals surface area contributed by atoms with Crippen molar-refractivity contribution in [2.24, 2.45) is 0 Å². The molecule has 0 aliphatic heterocycles. The van der Waals surface area contributed by atoms with E-state index in [1.54, 1.807) is 0 Å². The molecule has 0 fully saturated rings. The third-order valence-corrected chi connectivity index (χ3v) is 6.06. The molecular formula is C32H55NO10. The fraction of sp³-hybridized carbons (Fsp3) is 0.750. The van der Waals surface area contributed by atoms with Gasteiger partial charge in [-0.1, -0.05) is 75.8 Å². The summed E-state index contributed by atoms with van der Waals surface area (Å²) in [4.78, 5) is 23.3. The maximum atomic E-state index is 11.7. The van der Waals surface area contributed by atoms with Crippen LogP contribution in [0.25, 0.3) is 0 Å². The van der Waals surface area contributed by atoms with Crippen molar-refractivity contribution in [1.29, 1.82) is 0 Å². The summed E-state index contributed by atoms with van der Waals surface area (Å²) in [5, 5.41) is 2.64. The maximum absolute atomic E-state index is 11.7. The van der Waals surface area contributed by atoms with Crippen LogP contribution >= 0.6 is 0 Å². The summed E-state index contributed by atoms with van der Waals surface area (Å²) in [5.41, 5.74) is 0.938. The van der Waals surface area contributed by atoms with Crippen molar-refractivity contribution in [3.63, 3.8) is 0 Å². The Morgan fingerprint density at radius 2 is 1.02 bits per heavy atom. The van der Waals surface area contributed by atoms with Crippen molar-refractivity contribution < 1.29 is 47.5 Å². The highest BCUT2D eigenvalue weighted by molar-refractivity contribution is 5.69. The normalized spacial score (nSPS) is 11.0. The summed E-state index contributed by atoms with van der Waals surface area (Å²) in [7, 11) is 0. The second-order valence-corrected chi connectivity index (χ2v) is 9.75. The Hall–Kier alpha value is -2.28. The van der Waals surface area contributed by atoms with E-state index < -0.39 is 6.09 Å². The Morgan fingerprint density at radius 1 is 0.558 bits per heavy atom. The molecule has 0 unspecified atom stereocenters. The van der Waals surface area contributed by atoms with E-state index in [0.717, 1.165) is 18.4 Å². The van der Waals surface area contributed by atoms with Crippen LogP contribution in [0.15, 0.2) is 30.3 Å². The largest absolute Gasteiger partial charge is 0.463 e. The Kier molecular flexibility index (Phi) is 28.1. The molecule has 43 heavy (non-hydrogen) atoms. The van der Waals surface area contributed by atoms with E-state index in [1.807, 2.05) is 30.3 Å².